The van der Waals surface area contributed by atoms with Crippen molar-refractivity contribution >= 4 is 20.1 Å². The number of sulfonamides is 1. The van der Waals surface area contributed by atoms with Crippen LogP contribution in [-0.4, -0.2) is 33.4 Å². The van der Waals surface area contributed by atoms with Crippen LogP contribution in [0.1, 0.15) is 31.7 Å². The lowest BCUT2D eigenvalue weighted by Gasteiger charge is -2.09. The third-order valence-electron chi connectivity index (χ3n) is 4.28. The molecule has 2 aromatic carbocycles. The van der Waals surface area contributed by atoms with E-state index >= 15 is 0 Å². The van der Waals surface area contributed by atoms with Gasteiger partial charge in [0.1, 0.15) is 0 Å². The van der Waals surface area contributed by atoms with Gasteiger partial charge < -0.3 is 4.55 Å². The second kappa shape index (κ2) is 14.0. The first-order chi connectivity index (χ1) is 15.8. The number of rotatable bonds is 8. The Labute approximate surface area is 209 Å². The molecule has 12 heteroatoms. The number of hydrogen-bond donors (Lipinski definition) is 1. The van der Waals surface area contributed by atoms with Gasteiger partial charge in [0.05, 0.1) is 4.90 Å². The minimum absolute atomic E-state index is 0.258. The summed E-state index contributed by atoms with van der Waals surface area (Å²) in [6, 6.07) is 17.3. The van der Waals surface area contributed by atoms with Crippen LogP contribution in [0, 0.1) is 26.3 Å². The normalized spacial score (nSPS) is 12.6. The highest BCUT2D eigenvalue weighted by molar-refractivity contribution is 7.89. The Morgan fingerprint density at radius 1 is 1.03 bits per heavy atom. The van der Waals surface area contributed by atoms with Crippen LogP contribution in [0.15, 0.2) is 59.5 Å². The lowest BCUT2D eigenvalue weighted by molar-refractivity contribution is -0.535. The quantitative estimate of drug-likeness (QED) is 0.154. The van der Waals surface area contributed by atoms with Crippen molar-refractivity contribution in [3.63, 3.8) is 0 Å². The summed E-state index contributed by atoms with van der Waals surface area (Å²) in [6.07, 6.45) is 2.70. The molecule has 2 aromatic rings. The van der Waals surface area contributed by atoms with E-state index in [1.54, 1.807) is 12.1 Å². The molecule has 0 aromatic heterocycles. The monoisotopic (exact) mass is 631 g/mol. The fraction of sp³-hybridized carbons (Fsp3) is 0.364. The Morgan fingerprint density at radius 3 is 2.09 bits per heavy atom. The van der Waals surface area contributed by atoms with Crippen LogP contribution < -0.4 is 25.9 Å². The van der Waals surface area contributed by atoms with E-state index in [0.29, 0.717) is 17.4 Å². The Hall–Kier alpha value is -1.66. The molecule has 0 amide bonds. The lowest BCUT2D eigenvalue weighted by Crippen LogP contribution is -3.59. The number of benzene rings is 2. The average Bonchev–Trinajstić information content (AvgIpc) is 2.75. The Bertz CT molecular complexity index is 1160. The smallest absolute Gasteiger partial charge is 0.485 e. The summed E-state index contributed by atoms with van der Waals surface area (Å²) >= 11 is -0.258. The van der Waals surface area contributed by atoms with Crippen molar-refractivity contribution in [3.8, 4) is 9.85 Å². The van der Waals surface area contributed by atoms with Crippen LogP contribution >= 0.6 is 0 Å². The topological polar surface area (TPSA) is 103 Å². The predicted molar refractivity (Wildman–Crippen MR) is 118 cm³/mol. The van der Waals surface area contributed by atoms with Crippen molar-refractivity contribution in [1.82, 2.24) is 4.72 Å². The molecular formula is C22H25F3INO5S2. The van der Waals surface area contributed by atoms with Crippen LogP contribution in [0.4, 0.5) is 13.2 Å². The lowest BCUT2D eigenvalue weighted by atomic mass is 10.0. The van der Waals surface area contributed by atoms with Crippen molar-refractivity contribution in [2.24, 2.45) is 5.92 Å². The average molecular weight is 631 g/mol. The van der Waals surface area contributed by atoms with Crippen molar-refractivity contribution in [2.75, 3.05) is 6.54 Å². The molecule has 0 spiro atoms. The van der Waals surface area contributed by atoms with Crippen LogP contribution in [0.5, 0.6) is 0 Å². The zero-order valence-corrected chi connectivity index (χ0v) is 22.3. The third kappa shape index (κ3) is 11.7. The van der Waals surface area contributed by atoms with Gasteiger partial charge in [-0.15, -0.1) is 0 Å². The minimum Gasteiger partial charge on any atom is -0.741 e. The molecule has 0 saturated heterocycles. The van der Waals surface area contributed by atoms with E-state index in [1.807, 2.05) is 37.3 Å². The summed E-state index contributed by atoms with van der Waals surface area (Å²) in [7, 11) is -9.51. The van der Waals surface area contributed by atoms with Gasteiger partial charge in [0.15, 0.2) is 14.0 Å². The van der Waals surface area contributed by atoms with Gasteiger partial charge in [-0.3, -0.25) is 0 Å². The van der Waals surface area contributed by atoms with E-state index < -0.39 is 25.6 Å². The first kappa shape index (κ1) is 30.4. The first-order valence-electron chi connectivity index (χ1n) is 10.0. The van der Waals surface area contributed by atoms with Crippen molar-refractivity contribution in [1.29, 1.82) is 0 Å². The summed E-state index contributed by atoms with van der Waals surface area (Å²) in [5.74, 6) is 3.71. The Kier molecular flexibility index (Phi) is 12.5. The fourth-order valence-electron chi connectivity index (χ4n) is 2.37. The molecule has 1 unspecified atom stereocenters. The molecule has 0 aliphatic rings. The SMILES string of the molecule is CCC(C#C[I+]c1ccccc1)CCCNS(=O)(=O)c1ccc(C)cc1.O=S(=O)([O-])C(F)(F)F. The molecule has 0 aliphatic heterocycles. The molecule has 0 saturated carbocycles. The van der Waals surface area contributed by atoms with Gasteiger partial charge in [0.25, 0.3) is 0 Å². The second-order valence-corrected chi connectivity index (χ2v) is 12.4. The molecule has 6 nitrogen and oxygen atoms in total. The molecule has 34 heavy (non-hydrogen) atoms. The maximum atomic E-state index is 12.3. The highest BCUT2D eigenvalue weighted by Gasteiger charge is 2.36. The molecule has 0 fully saturated rings. The van der Waals surface area contributed by atoms with E-state index in [2.05, 4.69) is 33.6 Å². The Balaban J connectivity index is 0.000000620. The van der Waals surface area contributed by atoms with E-state index in [-0.39, 0.29) is 21.2 Å². The number of aryl methyl sites for hydroxylation is 1. The van der Waals surface area contributed by atoms with Crippen LogP contribution in [0.2, 0.25) is 0 Å². The predicted octanol–water partition coefficient (Wildman–Crippen LogP) is 1.05. The Morgan fingerprint density at radius 2 is 1.59 bits per heavy atom. The van der Waals surface area contributed by atoms with Gasteiger partial charge in [-0.2, -0.15) is 13.2 Å². The molecule has 1 atom stereocenters. The van der Waals surface area contributed by atoms with Gasteiger partial charge in [-0.25, -0.2) is 21.6 Å². The maximum absolute atomic E-state index is 12.3. The van der Waals surface area contributed by atoms with E-state index in [4.69, 9.17) is 13.0 Å². The van der Waals surface area contributed by atoms with Gasteiger partial charge in [-0.05, 0) is 56.4 Å². The van der Waals surface area contributed by atoms with Gasteiger partial charge in [0.2, 0.25) is 13.6 Å². The maximum Gasteiger partial charge on any atom is 0.485 e. The van der Waals surface area contributed by atoms with Gasteiger partial charge >= 0.3 is 26.7 Å². The molecule has 0 heterocycles. The molecular weight excluding hydrogens is 606 g/mol. The van der Waals surface area contributed by atoms with Crippen LogP contribution in [0.3, 0.4) is 0 Å². The fourth-order valence-corrected chi connectivity index (χ4v) is 5.13. The largest absolute Gasteiger partial charge is 0.741 e. The molecule has 0 aliphatic carbocycles. The summed E-state index contributed by atoms with van der Waals surface area (Å²) in [6.45, 7) is 4.52. The van der Waals surface area contributed by atoms with Crippen molar-refractivity contribution < 1.29 is 55.8 Å². The molecule has 0 radical (unpaired) electrons. The highest BCUT2D eigenvalue weighted by Crippen LogP contribution is 2.20. The van der Waals surface area contributed by atoms with Gasteiger partial charge in [0, 0.05) is 12.5 Å². The zero-order valence-electron chi connectivity index (χ0n) is 18.5. The molecule has 188 valence electrons. The van der Waals surface area contributed by atoms with E-state index in [0.717, 1.165) is 24.8 Å². The number of halogens is 4. The number of nitrogens with one attached hydrogen (secondary N) is 1. The highest BCUT2D eigenvalue weighted by atomic mass is 127. The summed E-state index contributed by atoms with van der Waals surface area (Å²) in [5.41, 5.74) is -4.60. The second-order valence-electron chi connectivity index (χ2n) is 6.99. The first-order valence-corrected chi connectivity index (χ1v) is 15.1. The molecule has 0 bridgehead atoms. The standard InChI is InChI=1S/C21H25INO2S.CHF3O3S/c1-3-19(15-16-22-20-9-5-4-6-10-20)8-7-17-23-26(24,25)21-13-11-18(2)12-14-21;2-1(3,4)8(5,6)7/h4-6,9-14,19,23H,3,7-8,17H2,1-2H3;(H,5,6,7)/q+1;/p-1. The van der Waals surface area contributed by atoms with Crippen LogP contribution in [0.25, 0.3) is 0 Å². The zero-order chi connectivity index (χ0) is 25.8. The van der Waals surface area contributed by atoms with E-state index in [9.17, 15) is 21.6 Å². The summed E-state index contributed by atoms with van der Waals surface area (Å²) in [5, 5.41) is 0. The molecule has 1 N–H and O–H groups in total. The van der Waals surface area contributed by atoms with E-state index in [1.165, 1.54) is 3.57 Å². The summed E-state index contributed by atoms with van der Waals surface area (Å²) in [4.78, 5) is 0.322. The number of alkyl halides is 3. The molecule has 2 rings (SSSR count). The van der Waals surface area contributed by atoms with Crippen LogP contribution in [-0.2, 0) is 20.1 Å². The van der Waals surface area contributed by atoms with Crippen molar-refractivity contribution in [3.05, 3.63) is 63.7 Å². The van der Waals surface area contributed by atoms with Gasteiger partial charge in [-0.1, -0.05) is 42.8 Å². The third-order valence-corrected chi connectivity index (χ3v) is 8.24. The summed E-state index contributed by atoms with van der Waals surface area (Å²) < 4.78 is 90.8. The number of hydrogen-bond acceptors (Lipinski definition) is 5. The minimum atomic E-state index is -6.09. The van der Waals surface area contributed by atoms with Crippen molar-refractivity contribution in [2.45, 2.75) is 43.5 Å².